The fraction of sp³-hybridized carbons (Fsp3) is 0.0870. The number of nitriles is 1. The zero-order valence-electron chi connectivity index (χ0n) is 14.9. The molecule has 4 heteroatoms. The number of aromatic nitrogens is 2. The van der Waals surface area contributed by atoms with Gasteiger partial charge in [-0.15, -0.1) is 0 Å². The van der Waals surface area contributed by atoms with Crippen LogP contribution in [0.5, 0.6) is 0 Å². The molecule has 1 atom stereocenters. The molecule has 1 unspecified atom stereocenters. The number of nitrogens with zero attached hydrogens (tertiary/aromatic N) is 3. The van der Waals surface area contributed by atoms with E-state index in [0.717, 1.165) is 27.8 Å². The standard InChI is InChI=1S/C23H18N4/c1-16-7-6-8-17(13-16)23(21-11-4-5-12-25-21)27-22-14-18(15-24)26-20-10-3-2-9-19(20)22/h2-14,23H,1H3,(H,26,27). The van der Waals surface area contributed by atoms with E-state index in [1.54, 1.807) is 12.3 Å². The maximum absolute atomic E-state index is 9.37. The van der Waals surface area contributed by atoms with E-state index >= 15 is 0 Å². The molecule has 4 nitrogen and oxygen atoms in total. The van der Waals surface area contributed by atoms with Crippen LogP contribution < -0.4 is 5.32 Å². The molecule has 0 amide bonds. The Morgan fingerprint density at radius 1 is 0.963 bits per heavy atom. The van der Waals surface area contributed by atoms with Crippen LogP contribution in [-0.4, -0.2) is 9.97 Å². The summed E-state index contributed by atoms with van der Waals surface area (Å²) >= 11 is 0. The molecule has 0 aliphatic carbocycles. The minimum Gasteiger partial charge on any atom is -0.372 e. The van der Waals surface area contributed by atoms with Gasteiger partial charge in [0.2, 0.25) is 0 Å². The van der Waals surface area contributed by atoms with Crippen LogP contribution in [0.25, 0.3) is 10.9 Å². The molecule has 4 aromatic rings. The van der Waals surface area contributed by atoms with Crippen LogP contribution in [0.2, 0.25) is 0 Å². The van der Waals surface area contributed by atoms with Crippen molar-refractivity contribution in [3.8, 4) is 6.07 Å². The Kier molecular flexibility index (Phi) is 4.51. The highest BCUT2D eigenvalue weighted by Crippen LogP contribution is 2.30. The molecule has 2 heterocycles. The first-order valence-electron chi connectivity index (χ1n) is 8.78. The van der Waals surface area contributed by atoms with Crippen molar-refractivity contribution in [1.82, 2.24) is 9.97 Å². The SMILES string of the molecule is Cc1cccc(C(Nc2cc(C#N)nc3ccccc23)c2ccccn2)c1. The Morgan fingerprint density at radius 3 is 2.59 bits per heavy atom. The number of rotatable bonds is 4. The number of benzene rings is 2. The summed E-state index contributed by atoms with van der Waals surface area (Å²) in [7, 11) is 0. The molecule has 0 saturated carbocycles. The minimum atomic E-state index is -0.136. The van der Waals surface area contributed by atoms with Crippen LogP contribution >= 0.6 is 0 Å². The van der Waals surface area contributed by atoms with E-state index in [1.165, 1.54) is 5.56 Å². The summed E-state index contributed by atoms with van der Waals surface area (Å²) in [6.45, 7) is 2.08. The van der Waals surface area contributed by atoms with Crippen molar-refractivity contribution in [2.45, 2.75) is 13.0 Å². The van der Waals surface area contributed by atoms with E-state index < -0.39 is 0 Å². The second kappa shape index (κ2) is 7.27. The van der Waals surface area contributed by atoms with Crippen LogP contribution in [0, 0.1) is 18.3 Å². The summed E-state index contributed by atoms with van der Waals surface area (Å²) in [5.74, 6) is 0. The molecule has 0 bridgehead atoms. The molecule has 0 saturated heterocycles. The fourth-order valence-corrected chi connectivity index (χ4v) is 3.23. The third-order valence-electron chi connectivity index (χ3n) is 4.49. The lowest BCUT2D eigenvalue weighted by Gasteiger charge is -2.21. The number of aryl methyl sites for hydroxylation is 1. The van der Waals surface area contributed by atoms with Gasteiger partial charge in [0, 0.05) is 17.3 Å². The first-order valence-corrected chi connectivity index (χ1v) is 8.78. The van der Waals surface area contributed by atoms with Crippen molar-refractivity contribution in [2.75, 3.05) is 5.32 Å². The number of para-hydroxylation sites is 1. The molecule has 2 aromatic heterocycles. The van der Waals surface area contributed by atoms with Gasteiger partial charge < -0.3 is 5.32 Å². The van der Waals surface area contributed by atoms with Crippen molar-refractivity contribution in [3.05, 3.63) is 102 Å². The Bertz CT molecular complexity index is 1130. The molecular weight excluding hydrogens is 332 g/mol. The number of hydrogen-bond acceptors (Lipinski definition) is 4. The van der Waals surface area contributed by atoms with Crippen LogP contribution in [0.3, 0.4) is 0 Å². The van der Waals surface area contributed by atoms with E-state index in [0.29, 0.717) is 5.69 Å². The highest BCUT2D eigenvalue weighted by Gasteiger charge is 2.17. The molecule has 27 heavy (non-hydrogen) atoms. The molecule has 130 valence electrons. The van der Waals surface area contributed by atoms with Crippen molar-refractivity contribution < 1.29 is 0 Å². The van der Waals surface area contributed by atoms with Gasteiger partial charge in [0.05, 0.1) is 17.3 Å². The largest absolute Gasteiger partial charge is 0.372 e. The summed E-state index contributed by atoms with van der Waals surface area (Å²) in [6, 6.07) is 25.9. The number of pyridine rings is 2. The van der Waals surface area contributed by atoms with Gasteiger partial charge in [0.1, 0.15) is 11.8 Å². The topological polar surface area (TPSA) is 61.6 Å². The van der Waals surface area contributed by atoms with Gasteiger partial charge >= 0.3 is 0 Å². The third-order valence-corrected chi connectivity index (χ3v) is 4.49. The van der Waals surface area contributed by atoms with Crippen molar-refractivity contribution in [1.29, 1.82) is 5.26 Å². The molecule has 1 N–H and O–H groups in total. The van der Waals surface area contributed by atoms with E-state index in [1.807, 2.05) is 48.5 Å². The highest BCUT2D eigenvalue weighted by atomic mass is 15.0. The van der Waals surface area contributed by atoms with Gasteiger partial charge in [0.25, 0.3) is 0 Å². The molecule has 4 rings (SSSR count). The third kappa shape index (κ3) is 3.49. The van der Waals surface area contributed by atoms with E-state index in [-0.39, 0.29) is 6.04 Å². The minimum absolute atomic E-state index is 0.136. The predicted molar refractivity (Wildman–Crippen MR) is 107 cm³/mol. The monoisotopic (exact) mass is 350 g/mol. The average molecular weight is 350 g/mol. The molecule has 0 radical (unpaired) electrons. The lowest BCUT2D eigenvalue weighted by atomic mass is 10.00. The van der Waals surface area contributed by atoms with Crippen LogP contribution in [0.1, 0.15) is 28.6 Å². The second-order valence-corrected chi connectivity index (χ2v) is 6.43. The Balaban J connectivity index is 1.86. The molecule has 0 fully saturated rings. The Hall–Kier alpha value is -3.71. The number of nitrogens with one attached hydrogen (secondary N) is 1. The van der Waals surface area contributed by atoms with Gasteiger partial charge in [-0.1, -0.05) is 54.1 Å². The van der Waals surface area contributed by atoms with Crippen LogP contribution in [0.4, 0.5) is 5.69 Å². The smallest absolute Gasteiger partial charge is 0.143 e. The van der Waals surface area contributed by atoms with Gasteiger partial charge in [-0.3, -0.25) is 4.98 Å². The molecule has 2 aromatic carbocycles. The van der Waals surface area contributed by atoms with Gasteiger partial charge in [0.15, 0.2) is 0 Å². The fourth-order valence-electron chi connectivity index (χ4n) is 3.23. The number of hydrogen-bond donors (Lipinski definition) is 1. The zero-order valence-corrected chi connectivity index (χ0v) is 14.9. The number of fused-ring (bicyclic) bond motifs is 1. The second-order valence-electron chi connectivity index (χ2n) is 6.43. The molecule has 0 spiro atoms. The summed E-state index contributed by atoms with van der Waals surface area (Å²) in [6.07, 6.45) is 1.80. The predicted octanol–water partition coefficient (Wildman–Crippen LogP) is 5.01. The van der Waals surface area contributed by atoms with E-state index in [2.05, 4.69) is 46.5 Å². The van der Waals surface area contributed by atoms with Crippen molar-refractivity contribution in [2.24, 2.45) is 0 Å². The lowest BCUT2D eigenvalue weighted by Crippen LogP contribution is -2.14. The van der Waals surface area contributed by atoms with E-state index in [9.17, 15) is 5.26 Å². The maximum atomic E-state index is 9.37. The maximum Gasteiger partial charge on any atom is 0.143 e. The van der Waals surface area contributed by atoms with Gasteiger partial charge in [-0.2, -0.15) is 5.26 Å². The summed E-state index contributed by atoms with van der Waals surface area (Å²) in [4.78, 5) is 8.97. The molecular formula is C23H18N4. The normalized spacial score (nSPS) is 11.7. The average Bonchev–Trinajstić information content (AvgIpc) is 2.72. The Morgan fingerprint density at radius 2 is 1.81 bits per heavy atom. The lowest BCUT2D eigenvalue weighted by molar-refractivity contribution is 0.886. The van der Waals surface area contributed by atoms with Crippen LogP contribution in [0.15, 0.2) is 79.0 Å². The quantitative estimate of drug-likeness (QED) is 0.562. The summed E-state index contributed by atoms with van der Waals surface area (Å²) < 4.78 is 0. The first kappa shape index (κ1) is 16.7. The van der Waals surface area contributed by atoms with E-state index in [4.69, 9.17) is 0 Å². The van der Waals surface area contributed by atoms with Crippen molar-refractivity contribution >= 4 is 16.6 Å². The molecule has 0 aliphatic heterocycles. The summed E-state index contributed by atoms with van der Waals surface area (Å²) in [5.41, 5.74) is 5.28. The number of anilines is 1. The van der Waals surface area contributed by atoms with Gasteiger partial charge in [-0.05, 0) is 36.8 Å². The summed E-state index contributed by atoms with van der Waals surface area (Å²) in [5, 5.41) is 14.0. The zero-order chi connectivity index (χ0) is 18.6. The van der Waals surface area contributed by atoms with Crippen molar-refractivity contribution in [3.63, 3.8) is 0 Å². The Labute approximate surface area is 158 Å². The first-order chi connectivity index (χ1) is 13.2. The van der Waals surface area contributed by atoms with Gasteiger partial charge in [-0.25, -0.2) is 4.98 Å². The van der Waals surface area contributed by atoms with Crippen LogP contribution in [-0.2, 0) is 0 Å². The highest BCUT2D eigenvalue weighted by molar-refractivity contribution is 5.92. The molecule has 0 aliphatic rings.